The quantitative estimate of drug-likeness (QED) is 0.744. The average Bonchev–Trinajstić information content (AvgIpc) is 2.94. The van der Waals surface area contributed by atoms with Crippen LogP contribution in [0.5, 0.6) is 0 Å². The summed E-state index contributed by atoms with van der Waals surface area (Å²) in [5, 5.41) is 10.7. The van der Waals surface area contributed by atoms with E-state index in [4.69, 9.17) is 0 Å². The number of amides is 1. The standard InChI is InChI=1S/C14H25N5O/c1-18(2)9-4-8-16-14(20)13-6-10-19(17-13)12-5-3-7-15-11-12/h6,10,12,15H,3-5,7-9,11H2,1-2H3,(H,16,20). The smallest absolute Gasteiger partial charge is 0.271 e. The van der Waals surface area contributed by atoms with Crippen molar-refractivity contribution in [3.8, 4) is 0 Å². The van der Waals surface area contributed by atoms with Crippen LogP contribution in [0.15, 0.2) is 12.3 Å². The van der Waals surface area contributed by atoms with Gasteiger partial charge in [-0.2, -0.15) is 5.10 Å². The molecule has 1 aromatic rings. The number of nitrogens with zero attached hydrogens (tertiary/aromatic N) is 3. The molecule has 0 bridgehead atoms. The van der Waals surface area contributed by atoms with E-state index in [1.807, 2.05) is 25.0 Å². The molecule has 0 aromatic carbocycles. The number of hydrogen-bond acceptors (Lipinski definition) is 4. The van der Waals surface area contributed by atoms with Gasteiger partial charge in [-0.25, -0.2) is 0 Å². The molecule has 2 N–H and O–H groups in total. The van der Waals surface area contributed by atoms with Crippen molar-refractivity contribution in [1.29, 1.82) is 0 Å². The first-order valence-electron chi connectivity index (χ1n) is 7.35. The first-order valence-corrected chi connectivity index (χ1v) is 7.35. The van der Waals surface area contributed by atoms with Gasteiger partial charge in [0.2, 0.25) is 0 Å². The maximum absolute atomic E-state index is 12.0. The Hall–Kier alpha value is -1.40. The molecule has 1 aliphatic rings. The first kappa shape index (κ1) is 15.0. The summed E-state index contributed by atoms with van der Waals surface area (Å²) in [4.78, 5) is 14.1. The van der Waals surface area contributed by atoms with Gasteiger partial charge in [0.25, 0.3) is 5.91 Å². The number of rotatable bonds is 6. The lowest BCUT2D eigenvalue weighted by Gasteiger charge is -2.22. The summed E-state index contributed by atoms with van der Waals surface area (Å²) in [6.07, 6.45) is 5.15. The Morgan fingerprint density at radius 2 is 2.45 bits per heavy atom. The topological polar surface area (TPSA) is 62.2 Å². The van der Waals surface area contributed by atoms with Crippen molar-refractivity contribution < 1.29 is 4.79 Å². The van der Waals surface area contributed by atoms with Crippen LogP contribution in [-0.4, -0.2) is 60.9 Å². The minimum atomic E-state index is -0.0775. The summed E-state index contributed by atoms with van der Waals surface area (Å²) in [7, 11) is 4.06. The minimum Gasteiger partial charge on any atom is -0.351 e. The second-order valence-electron chi connectivity index (χ2n) is 5.59. The van der Waals surface area contributed by atoms with Crippen LogP contribution in [-0.2, 0) is 0 Å². The third-order valence-electron chi connectivity index (χ3n) is 3.55. The highest BCUT2D eigenvalue weighted by Crippen LogP contribution is 2.15. The lowest BCUT2D eigenvalue weighted by molar-refractivity contribution is 0.0946. The number of aromatic nitrogens is 2. The van der Waals surface area contributed by atoms with Crippen molar-refractivity contribution in [3.05, 3.63) is 18.0 Å². The van der Waals surface area contributed by atoms with Crippen molar-refractivity contribution in [2.45, 2.75) is 25.3 Å². The van der Waals surface area contributed by atoms with Crippen LogP contribution in [0, 0.1) is 0 Å². The van der Waals surface area contributed by atoms with E-state index in [9.17, 15) is 4.79 Å². The van der Waals surface area contributed by atoms with Crippen LogP contribution in [0.4, 0.5) is 0 Å². The van der Waals surface area contributed by atoms with Gasteiger partial charge in [-0.1, -0.05) is 0 Å². The van der Waals surface area contributed by atoms with E-state index in [0.717, 1.165) is 38.9 Å². The molecular weight excluding hydrogens is 254 g/mol. The van der Waals surface area contributed by atoms with Crippen LogP contribution in [0.1, 0.15) is 35.8 Å². The Labute approximate surface area is 120 Å². The summed E-state index contributed by atoms with van der Waals surface area (Å²) in [5.74, 6) is -0.0775. The van der Waals surface area contributed by atoms with Gasteiger partial charge >= 0.3 is 0 Å². The Bertz CT molecular complexity index is 423. The predicted molar refractivity (Wildman–Crippen MR) is 78.9 cm³/mol. The van der Waals surface area contributed by atoms with Crippen molar-refractivity contribution in [2.24, 2.45) is 0 Å². The Kier molecular flexibility index (Phi) is 5.55. The number of nitrogens with one attached hydrogen (secondary N) is 2. The van der Waals surface area contributed by atoms with Gasteiger partial charge in [0.15, 0.2) is 0 Å². The maximum atomic E-state index is 12.0. The number of carbonyl (C=O) groups excluding carboxylic acids is 1. The van der Waals surface area contributed by atoms with Crippen LogP contribution in [0.3, 0.4) is 0 Å². The molecule has 1 atom stereocenters. The summed E-state index contributed by atoms with van der Waals surface area (Å²) >= 11 is 0. The molecule has 1 aliphatic heterocycles. The van der Waals surface area contributed by atoms with Crippen LogP contribution in [0.25, 0.3) is 0 Å². The molecule has 2 rings (SSSR count). The highest BCUT2D eigenvalue weighted by Gasteiger charge is 2.17. The molecule has 1 unspecified atom stereocenters. The molecule has 1 amide bonds. The second kappa shape index (κ2) is 7.40. The van der Waals surface area contributed by atoms with Crippen molar-refractivity contribution >= 4 is 5.91 Å². The first-order chi connectivity index (χ1) is 9.66. The SMILES string of the molecule is CN(C)CCCNC(=O)c1ccn(C2CCCNC2)n1. The molecule has 1 fully saturated rings. The second-order valence-corrected chi connectivity index (χ2v) is 5.59. The molecule has 0 saturated carbocycles. The molecule has 6 nitrogen and oxygen atoms in total. The monoisotopic (exact) mass is 279 g/mol. The van der Waals surface area contributed by atoms with E-state index in [2.05, 4.69) is 20.6 Å². The van der Waals surface area contributed by atoms with Crippen LogP contribution < -0.4 is 10.6 Å². The van der Waals surface area contributed by atoms with E-state index in [0.29, 0.717) is 18.3 Å². The Morgan fingerprint density at radius 1 is 1.60 bits per heavy atom. The zero-order valence-corrected chi connectivity index (χ0v) is 12.4. The zero-order valence-electron chi connectivity index (χ0n) is 12.4. The third kappa shape index (κ3) is 4.31. The molecule has 6 heteroatoms. The molecule has 0 spiro atoms. The Morgan fingerprint density at radius 3 is 3.15 bits per heavy atom. The van der Waals surface area contributed by atoms with Crippen molar-refractivity contribution in [1.82, 2.24) is 25.3 Å². The number of hydrogen-bond donors (Lipinski definition) is 2. The van der Waals surface area contributed by atoms with Gasteiger partial charge < -0.3 is 15.5 Å². The van der Waals surface area contributed by atoms with Crippen LogP contribution in [0.2, 0.25) is 0 Å². The molecule has 20 heavy (non-hydrogen) atoms. The van der Waals surface area contributed by atoms with Gasteiger partial charge in [-0.3, -0.25) is 9.48 Å². The van der Waals surface area contributed by atoms with E-state index in [1.54, 1.807) is 6.07 Å². The lowest BCUT2D eigenvalue weighted by atomic mass is 10.1. The molecule has 1 aromatic heterocycles. The predicted octanol–water partition coefficient (Wildman–Crippen LogP) is 0.489. The summed E-state index contributed by atoms with van der Waals surface area (Å²) < 4.78 is 1.92. The normalized spacial score (nSPS) is 19.2. The zero-order chi connectivity index (χ0) is 14.4. The summed E-state index contributed by atoms with van der Waals surface area (Å²) in [5.41, 5.74) is 0.514. The molecule has 1 saturated heterocycles. The summed E-state index contributed by atoms with van der Waals surface area (Å²) in [6, 6.07) is 2.18. The van der Waals surface area contributed by atoms with Crippen molar-refractivity contribution in [2.75, 3.05) is 40.3 Å². The lowest BCUT2D eigenvalue weighted by Crippen LogP contribution is -2.32. The fourth-order valence-electron chi connectivity index (χ4n) is 2.41. The molecule has 0 aliphatic carbocycles. The van der Waals surface area contributed by atoms with E-state index >= 15 is 0 Å². The number of carbonyl (C=O) groups is 1. The third-order valence-corrected chi connectivity index (χ3v) is 3.55. The van der Waals surface area contributed by atoms with Gasteiger partial charge in [-0.05, 0) is 52.5 Å². The van der Waals surface area contributed by atoms with Crippen molar-refractivity contribution in [3.63, 3.8) is 0 Å². The highest BCUT2D eigenvalue weighted by atomic mass is 16.1. The molecule has 0 radical (unpaired) electrons. The largest absolute Gasteiger partial charge is 0.351 e. The van der Waals surface area contributed by atoms with E-state index in [-0.39, 0.29) is 5.91 Å². The molecular formula is C14H25N5O. The number of piperidine rings is 1. The van der Waals surface area contributed by atoms with E-state index in [1.165, 1.54) is 0 Å². The van der Waals surface area contributed by atoms with Gasteiger partial charge in [0, 0.05) is 19.3 Å². The maximum Gasteiger partial charge on any atom is 0.271 e. The van der Waals surface area contributed by atoms with Crippen LogP contribution >= 0.6 is 0 Å². The van der Waals surface area contributed by atoms with Gasteiger partial charge in [-0.15, -0.1) is 0 Å². The molecule has 112 valence electrons. The van der Waals surface area contributed by atoms with Gasteiger partial charge in [0.1, 0.15) is 5.69 Å². The van der Waals surface area contributed by atoms with Gasteiger partial charge in [0.05, 0.1) is 6.04 Å². The fourth-order valence-corrected chi connectivity index (χ4v) is 2.41. The minimum absolute atomic E-state index is 0.0775. The fraction of sp³-hybridized carbons (Fsp3) is 0.714. The molecule has 2 heterocycles. The average molecular weight is 279 g/mol. The Balaban J connectivity index is 1.80. The summed E-state index contributed by atoms with van der Waals surface area (Å²) in [6.45, 7) is 3.68. The van der Waals surface area contributed by atoms with E-state index < -0.39 is 0 Å². The highest BCUT2D eigenvalue weighted by molar-refractivity contribution is 5.92.